The fourth-order valence-corrected chi connectivity index (χ4v) is 3.63. The number of sulfonamides is 1. The Morgan fingerprint density at radius 2 is 2.00 bits per heavy atom. The SMILES string of the molecule is CCCC(C)NS(=O)(=O)c1cc(CNCC)ccc1OC. The summed E-state index contributed by atoms with van der Waals surface area (Å²) in [7, 11) is -2.09. The number of hydrogen-bond acceptors (Lipinski definition) is 4. The zero-order valence-electron chi connectivity index (χ0n) is 13.3. The monoisotopic (exact) mass is 314 g/mol. The molecule has 0 bridgehead atoms. The zero-order chi connectivity index (χ0) is 15.9. The summed E-state index contributed by atoms with van der Waals surface area (Å²) in [6, 6.07) is 5.15. The number of ether oxygens (including phenoxy) is 1. The largest absolute Gasteiger partial charge is 0.495 e. The van der Waals surface area contributed by atoms with Crippen LogP contribution in [-0.4, -0.2) is 28.1 Å². The second kappa shape index (κ2) is 8.36. The highest BCUT2D eigenvalue weighted by Crippen LogP contribution is 2.25. The molecule has 21 heavy (non-hydrogen) atoms. The molecule has 0 aliphatic rings. The van der Waals surface area contributed by atoms with Crippen molar-refractivity contribution >= 4 is 10.0 Å². The Kier molecular flexibility index (Phi) is 7.14. The smallest absolute Gasteiger partial charge is 0.244 e. The topological polar surface area (TPSA) is 67.4 Å². The van der Waals surface area contributed by atoms with E-state index in [-0.39, 0.29) is 10.9 Å². The van der Waals surface area contributed by atoms with Crippen molar-refractivity contribution in [2.24, 2.45) is 0 Å². The Morgan fingerprint density at radius 1 is 1.29 bits per heavy atom. The first-order valence-electron chi connectivity index (χ1n) is 7.34. The van der Waals surface area contributed by atoms with Crippen LogP contribution < -0.4 is 14.8 Å². The fraction of sp³-hybridized carbons (Fsp3) is 0.600. The van der Waals surface area contributed by atoms with Gasteiger partial charge >= 0.3 is 0 Å². The summed E-state index contributed by atoms with van der Waals surface area (Å²) in [6.45, 7) is 7.38. The molecule has 0 aromatic heterocycles. The Morgan fingerprint density at radius 3 is 2.57 bits per heavy atom. The van der Waals surface area contributed by atoms with E-state index in [2.05, 4.69) is 10.0 Å². The number of hydrogen-bond donors (Lipinski definition) is 2. The van der Waals surface area contributed by atoms with Crippen molar-refractivity contribution in [1.82, 2.24) is 10.0 Å². The Hall–Kier alpha value is -1.11. The first-order chi connectivity index (χ1) is 9.94. The van der Waals surface area contributed by atoms with E-state index in [1.54, 1.807) is 12.1 Å². The predicted octanol–water partition coefficient (Wildman–Crippen LogP) is 2.27. The van der Waals surface area contributed by atoms with Crippen molar-refractivity contribution in [3.05, 3.63) is 23.8 Å². The van der Waals surface area contributed by atoms with Gasteiger partial charge in [0.05, 0.1) is 7.11 Å². The summed E-state index contributed by atoms with van der Waals surface area (Å²) in [5, 5.41) is 3.19. The molecule has 1 aromatic carbocycles. The summed E-state index contributed by atoms with van der Waals surface area (Å²) in [6.07, 6.45) is 1.74. The maximum Gasteiger partial charge on any atom is 0.244 e. The molecule has 1 unspecified atom stereocenters. The Balaban J connectivity index is 3.06. The third kappa shape index (κ3) is 5.30. The van der Waals surface area contributed by atoms with Crippen molar-refractivity contribution in [2.45, 2.75) is 51.1 Å². The van der Waals surface area contributed by atoms with Crippen LogP contribution >= 0.6 is 0 Å². The van der Waals surface area contributed by atoms with Crippen LogP contribution in [0.2, 0.25) is 0 Å². The van der Waals surface area contributed by atoms with E-state index in [0.29, 0.717) is 12.3 Å². The van der Waals surface area contributed by atoms with Gasteiger partial charge in [0.25, 0.3) is 0 Å². The lowest BCUT2D eigenvalue weighted by atomic mass is 10.2. The number of methoxy groups -OCH3 is 1. The van der Waals surface area contributed by atoms with Crippen LogP contribution in [0.25, 0.3) is 0 Å². The minimum atomic E-state index is -3.57. The minimum Gasteiger partial charge on any atom is -0.495 e. The number of rotatable bonds is 9. The van der Waals surface area contributed by atoms with Gasteiger partial charge in [0.2, 0.25) is 10.0 Å². The molecule has 0 radical (unpaired) electrons. The van der Waals surface area contributed by atoms with Crippen molar-refractivity contribution in [2.75, 3.05) is 13.7 Å². The Labute approximate surface area is 128 Å². The van der Waals surface area contributed by atoms with Crippen LogP contribution in [0.5, 0.6) is 5.75 Å². The van der Waals surface area contributed by atoms with E-state index < -0.39 is 10.0 Å². The van der Waals surface area contributed by atoms with Crippen LogP contribution in [0.1, 0.15) is 39.2 Å². The molecule has 1 aromatic rings. The molecule has 5 nitrogen and oxygen atoms in total. The molecule has 2 N–H and O–H groups in total. The number of nitrogens with one attached hydrogen (secondary N) is 2. The van der Waals surface area contributed by atoms with Gasteiger partial charge in [-0.25, -0.2) is 13.1 Å². The van der Waals surface area contributed by atoms with Gasteiger partial charge in [0.1, 0.15) is 10.6 Å². The van der Waals surface area contributed by atoms with Gasteiger partial charge < -0.3 is 10.1 Å². The average Bonchev–Trinajstić information content (AvgIpc) is 2.44. The fourth-order valence-electron chi connectivity index (χ4n) is 2.13. The highest BCUT2D eigenvalue weighted by Gasteiger charge is 2.21. The van der Waals surface area contributed by atoms with Crippen LogP contribution in [0, 0.1) is 0 Å². The molecule has 1 atom stereocenters. The minimum absolute atomic E-state index is 0.0953. The second-order valence-corrected chi connectivity index (χ2v) is 6.76. The predicted molar refractivity (Wildman–Crippen MR) is 85.1 cm³/mol. The molecule has 0 saturated carbocycles. The molecule has 0 saturated heterocycles. The number of benzene rings is 1. The van der Waals surface area contributed by atoms with E-state index in [9.17, 15) is 8.42 Å². The lowest BCUT2D eigenvalue weighted by Crippen LogP contribution is -2.32. The van der Waals surface area contributed by atoms with Crippen molar-refractivity contribution < 1.29 is 13.2 Å². The van der Waals surface area contributed by atoms with E-state index in [0.717, 1.165) is 24.9 Å². The van der Waals surface area contributed by atoms with E-state index in [1.165, 1.54) is 7.11 Å². The van der Waals surface area contributed by atoms with Gasteiger partial charge in [0.15, 0.2) is 0 Å². The van der Waals surface area contributed by atoms with Gasteiger partial charge in [-0.1, -0.05) is 26.3 Å². The third-order valence-electron chi connectivity index (χ3n) is 3.17. The highest BCUT2D eigenvalue weighted by molar-refractivity contribution is 7.89. The standard InChI is InChI=1S/C15H26N2O3S/c1-5-7-12(3)17-21(18,19)15-10-13(11-16-6-2)8-9-14(15)20-4/h8-10,12,16-17H,5-7,11H2,1-4H3. The van der Waals surface area contributed by atoms with Crippen LogP contribution in [0.4, 0.5) is 0 Å². The summed E-state index contributed by atoms with van der Waals surface area (Å²) in [4.78, 5) is 0.198. The van der Waals surface area contributed by atoms with Crippen LogP contribution in [0.3, 0.4) is 0 Å². The molecule has 1 rings (SSSR count). The maximum absolute atomic E-state index is 12.5. The second-order valence-electron chi connectivity index (χ2n) is 5.08. The third-order valence-corrected chi connectivity index (χ3v) is 4.79. The molecule has 0 aliphatic carbocycles. The molecular weight excluding hydrogens is 288 g/mol. The van der Waals surface area contributed by atoms with Crippen LogP contribution in [0.15, 0.2) is 23.1 Å². The van der Waals surface area contributed by atoms with Gasteiger partial charge in [0, 0.05) is 12.6 Å². The molecular formula is C15H26N2O3S. The molecule has 0 amide bonds. The molecule has 120 valence electrons. The summed E-state index contributed by atoms with van der Waals surface area (Å²) in [5.41, 5.74) is 0.918. The van der Waals surface area contributed by atoms with E-state index in [4.69, 9.17) is 4.74 Å². The Bertz CT molecular complexity index is 544. The molecule has 0 heterocycles. The van der Waals surface area contributed by atoms with Crippen molar-refractivity contribution in [3.63, 3.8) is 0 Å². The summed E-state index contributed by atoms with van der Waals surface area (Å²) < 4.78 is 32.9. The maximum atomic E-state index is 12.5. The van der Waals surface area contributed by atoms with E-state index in [1.807, 2.05) is 26.8 Å². The van der Waals surface area contributed by atoms with Crippen molar-refractivity contribution in [3.8, 4) is 5.75 Å². The average molecular weight is 314 g/mol. The van der Waals surface area contributed by atoms with Gasteiger partial charge in [-0.15, -0.1) is 0 Å². The van der Waals surface area contributed by atoms with Gasteiger partial charge in [-0.05, 0) is 37.6 Å². The highest BCUT2D eigenvalue weighted by atomic mass is 32.2. The first kappa shape index (κ1) is 17.9. The summed E-state index contributed by atoms with van der Waals surface area (Å²) >= 11 is 0. The quantitative estimate of drug-likeness (QED) is 0.734. The van der Waals surface area contributed by atoms with Crippen molar-refractivity contribution in [1.29, 1.82) is 0 Å². The normalized spacial score (nSPS) is 13.1. The molecule has 0 aliphatic heterocycles. The van der Waals surface area contributed by atoms with E-state index >= 15 is 0 Å². The summed E-state index contributed by atoms with van der Waals surface area (Å²) in [5.74, 6) is 0.367. The molecule has 0 fully saturated rings. The lowest BCUT2D eigenvalue weighted by molar-refractivity contribution is 0.401. The van der Waals surface area contributed by atoms with Crippen LogP contribution in [-0.2, 0) is 16.6 Å². The molecule has 6 heteroatoms. The molecule has 0 spiro atoms. The van der Waals surface area contributed by atoms with Gasteiger partial charge in [-0.2, -0.15) is 0 Å². The van der Waals surface area contributed by atoms with Gasteiger partial charge in [-0.3, -0.25) is 0 Å². The zero-order valence-corrected chi connectivity index (χ0v) is 14.1. The lowest BCUT2D eigenvalue weighted by Gasteiger charge is -2.16. The first-order valence-corrected chi connectivity index (χ1v) is 8.82.